The molecule has 4 amide bonds. The maximum Gasteiger partial charge on any atom is 0.335 e. The maximum atomic E-state index is 12.3. The summed E-state index contributed by atoms with van der Waals surface area (Å²) in [6.07, 6.45) is 15.6. The van der Waals surface area contributed by atoms with Gasteiger partial charge in [-0.25, -0.2) is 9.59 Å². The first-order chi connectivity index (χ1) is 28.1. The molecule has 1 fully saturated rings. The predicted molar refractivity (Wildman–Crippen MR) is 209 cm³/mol. The van der Waals surface area contributed by atoms with E-state index in [1.165, 1.54) is 44.9 Å². The minimum absolute atomic E-state index is 0.00739. The van der Waals surface area contributed by atoms with Crippen molar-refractivity contribution >= 4 is 41.5 Å². The highest BCUT2D eigenvalue weighted by molar-refractivity contribution is 6.01. The normalized spacial score (nSPS) is 13.1. The molecule has 0 aromatic heterocycles. The fourth-order valence-corrected chi connectivity index (χ4v) is 5.78. The third-order valence-electron chi connectivity index (χ3n) is 9.04. The molecule has 1 atom stereocenters. The number of unbranched alkanes of at least 4 members (excludes halogenated alkanes) is 13. The molecule has 4 N–H and O–H groups in total. The molecule has 0 bridgehead atoms. The molecule has 0 radical (unpaired) electrons. The molecule has 0 aromatic carbocycles. The van der Waals surface area contributed by atoms with Crippen LogP contribution in [0.1, 0.15) is 135 Å². The van der Waals surface area contributed by atoms with E-state index in [1.807, 2.05) is 0 Å². The molecule has 0 aliphatic carbocycles. The van der Waals surface area contributed by atoms with Crippen LogP contribution in [0.4, 0.5) is 0 Å². The van der Waals surface area contributed by atoms with Gasteiger partial charge in [0.25, 0.3) is 11.8 Å². The van der Waals surface area contributed by atoms with Crippen molar-refractivity contribution in [3.05, 3.63) is 0 Å². The van der Waals surface area contributed by atoms with Gasteiger partial charge in [0.2, 0.25) is 11.8 Å². The summed E-state index contributed by atoms with van der Waals surface area (Å²) >= 11 is 0. The molecule has 18 heteroatoms. The van der Waals surface area contributed by atoms with Crippen LogP contribution in [0.15, 0.2) is 0 Å². The summed E-state index contributed by atoms with van der Waals surface area (Å²) in [6.45, 7) is 3.21. The van der Waals surface area contributed by atoms with Crippen LogP contribution in [0.25, 0.3) is 0 Å². The van der Waals surface area contributed by atoms with E-state index >= 15 is 0 Å². The summed E-state index contributed by atoms with van der Waals surface area (Å²) < 4.78 is 26.9. The fraction of sp³-hybridized carbons (Fsp3) is 0.825. The van der Waals surface area contributed by atoms with Gasteiger partial charge >= 0.3 is 17.9 Å². The van der Waals surface area contributed by atoms with E-state index in [-0.39, 0.29) is 83.1 Å². The third-order valence-corrected chi connectivity index (χ3v) is 9.04. The Morgan fingerprint density at radius 1 is 0.517 bits per heavy atom. The number of carboxylic acids is 2. The average molecular weight is 832 g/mol. The number of ether oxygens (including phenoxy) is 5. The van der Waals surface area contributed by atoms with Crippen LogP contribution in [0, 0.1) is 0 Å². The summed E-state index contributed by atoms with van der Waals surface area (Å²) in [6, 6.07) is -1.12. The topological polar surface area (TPSA) is 243 Å². The number of amides is 4. The van der Waals surface area contributed by atoms with Gasteiger partial charge in [-0.2, -0.15) is 0 Å². The van der Waals surface area contributed by atoms with Gasteiger partial charge in [-0.3, -0.25) is 24.0 Å². The first-order valence-electron chi connectivity index (χ1n) is 21.1. The Bertz CT molecular complexity index is 1160. The zero-order valence-corrected chi connectivity index (χ0v) is 34.4. The molecule has 0 aromatic rings. The number of carbonyl (C=O) groups is 7. The Balaban J connectivity index is 1.86. The van der Waals surface area contributed by atoms with E-state index in [0.29, 0.717) is 57.7 Å². The van der Waals surface area contributed by atoms with Crippen LogP contribution >= 0.6 is 0 Å². The molecule has 1 aliphatic heterocycles. The average Bonchev–Trinajstić information content (AvgIpc) is 3.50. The quantitative estimate of drug-likeness (QED) is 0.0505. The zero-order chi connectivity index (χ0) is 42.5. The summed E-state index contributed by atoms with van der Waals surface area (Å²) in [7, 11) is 0. The SMILES string of the molecule is O=C(O)CCCCCCCCCCCCCCCCC(=O)NC(CCC(=O)NCCOCCOCCOCCOCCOCCC(=O)ON1C(=O)CCC1=O)C(=O)O. The van der Waals surface area contributed by atoms with E-state index in [2.05, 4.69) is 10.6 Å². The second-order valence-electron chi connectivity index (χ2n) is 14.0. The van der Waals surface area contributed by atoms with Crippen LogP contribution in [-0.4, -0.2) is 135 Å². The second kappa shape index (κ2) is 36.4. The smallest absolute Gasteiger partial charge is 0.335 e. The van der Waals surface area contributed by atoms with Crippen LogP contribution in [0.5, 0.6) is 0 Å². The number of nitrogens with one attached hydrogen (secondary N) is 2. The number of imide groups is 1. The van der Waals surface area contributed by atoms with Crippen LogP contribution in [0.2, 0.25) is 0 Å². The van der Waals surface area contributed by atoms with E-state index in [9.17, 15) is 38.7 Å². The van der Waals surface area contributed by atoms with Gasteiger partial charge < -0.3 is 49.4 Å². The Labute approximate surface area is 342 Å². The van der Waals surface area contributed by atoms with Crippen molar-refractivity contribution in [1.29, 1.82) is 0 Å². The lowest BCUT2D eigenvalue weighted by Gasteiger charge is -2.14. The van der Waals surface area contributed by atoms with Crippen molar-refractivity contribution in [2.75, 3.05) is 72.6 Å². The molecule has 1 saturated heterocycles. The van der Waals surface area contributed by atoms with Crippen molar-refractivity contribution in [1.82, 2.24) is 15.7 Å². The first kappa shape index (κ1) is 52.3. The standard InChI is InChI=1S/C40H69N3O15/c44-34(18-17-33(40(51)52)42-35(45)15-13-11-9-7-5-3-1-2-4-6-8-10-12-14-16-38(48)49)41-22-24-54-26-28-56-30-32-57-31-29-55-27-25-53-23-21-39(50)58-43-36(46)19-20-37(43)47/h33H,1-32H2,(H,41,44)(H,42,45)(H,48,49)(H,51,52). The molecular formula is C40H69N3O15. The number of hydrogen-bond donors (Lipinski definition) is 4. The lowest BCUT2D eigenvalue weighted by atomic mass is 10.0. The van der Waals surface area contributed by atoms with Gasteiger partial charge in [0.1, 0.15) is 6.04 Å². The number of hydroxylamine groups is 2. The zero-order valence-electron chi connectivity index (χ0n) is 34.4. The molecule has 1 unspecified atom stereocenters. The lowest BCUT2D eigenvalue weighted by molar-refractivity contribution is -0.198. The summed E-state index contributed by atoms with van der Waals surface area (Å²) in [5, 5.41) is 23.9. The Morgan fingerprint density at radius 2 is 0.931 bits per heavy atom. The van der Waals surface area contributed by atoms with Crippen molar-refractivity contribution < 1.29 is 72.3 Å². The number of rotatable bonds is 41. The second-order valence-corrected chi connectivity index (χ2v) is 14.0. The number of carbonyl (C=O) groups excluding carboxylic acids is 5. The third kappa shape index (κ3) is 31.3. The fourth-order valence-electron chi connectivity index (χ4n) is 5.78. The van der Waals surface area contributed by atoms with Gasteiger partial charge in [-0.1, -0.05) is 77.0 Å². The summed E-state index contributed by atoms with van der Waals surface area (Å²) in [5.74, 6) is -4.31. The van der Waals surface area contributed by atoms with E-state index < -0.39 is 35.8 Å². The van der Waals surface area contributed by atoms with Crippen LogP contribution in [-0.2, 0) is 62.1 Å². The number of carboxylic acid groups (broad SMARTS) is 2. The monoisotopic (exact) mass is 831 g/mol. The molecular weight excluding hydrogens is 762 g/mol. The van der Waals surface area contributed by atoms with Gasteiger partial charge in [0.15, 0.2) is 0 Å². The molecule has 0 saturated carbocycles. The van der Waals surface area contributed by atoms with Gasteiger partial charge in [-0.15, -0.1) is 5.06 Å². The van der Waals surface area contributed by atoms with E-state index in [1.54, 1.807) is 0 Å². The predicted octanol–water partition coefficient (Wildman–Crippen LogP) is 3.86. The molecule has 334 valence electrons. The number of hydrogen-bond acceptors (Lipinski definition) is 13. The molecule has 1 rings (SSSR count). The van der Waals surface area contributed by atoms with Crippen LogP contribution in [0.3, 0.4) is 0 Å². The minimum atomic E-state index is -1.17. The molecule has 0 spiro atoms. The van der Waals surface area contributed by atoms with Crippen molar-refractivity contribution in [2.45, 2.75) is 141 Å². The maximum absolute atomic E-state index is 12.3. The number of aliphatic carboxylic acids is 2. The Kier molecular flexibility index (Phi) is 32.8. The number of nitrogens with zero attached hydrogens (tertiary/aromatic N) is 1. The molecule has 58 heavy (non-hydrogen) atoms. The van der Waals surface area contributed by atoms with Gasteiger partial charge in [-0.05, 0) is 19.3 Å². The molecule has 18 nitrogen and oxygen atoms in total. The highest BCUT2D eigenvalue weighted by Gasteiger charge is 2.32. The molecule has 1 heterocycles. The van der Waals surface area contributed by atoms with E-state index in [0.717, 1.165) is 38.5 Å². The highest BCUT2D eigenvalue weighted by Crippen LogP contribution is 2.15. The largest absolute Gasteiger partial charge is 0.481 e. The minimum Gasteiger partial charge on any atom is -0.481 e. The van der Waals surface area contributed by atoms with E-state index in [4.69, 9.17) is 33.6 Å². The molecule has 1 aliphatic rings. The van der Waals surface area contributed by atoms with Gasteiger partial charge in [0, 0.05) is 38.6 Å². The van der Waals surface area contributed by atoms with Crippen molar-refractivity contribution in [2.24, 2.45) is 0 Å². The lowest BCUT2D eigenvalue weighted by Crippen LogP contribution is -2.41. The van der Waals surface area contributed by atoms with Gasteiger partial charge in [0.05, 0.1) is 72.5 Å². The van der Waals surface area contributed by atoms with Crippen molar-refractivity contribution in [3.63, 3.8) is 0 Å². The highest BCUT2D eigenvalue weighted by atomic mass is 16.7. The Hall–Kier alpha value is -3.71. The summed E-state index contributed by atoms with van der Waals surface area (Å²) in [4.78, 5) is 85.9. The first-order valence-corrected chi connectivity index (χ1v) is 21.1. The van der Waals surface area contributed by atoms with Crippen LogP contribution < -0.4 is 10.6 Å². The Morgan fingerprint density at radius 3 is 1.38 bits per heavy atom. The van der Waals surface area contributed by atoms with Crippen molar-refractivity contribution in [3.8, 4) is 0 Å². The summed E-state index contributed by atoms with van der Waals surface area (Å²) in [5.41, 5.74) is 0.